The Morgan fingerprint density at radius 2 is 1.76 bits per heavy atom. The molecule has 0 aliphatic rings. The van der Waals surface area contributed by atoms with Gasteiger partial charge in [-0.25, -0.2) is 0 Å². The molecule has 3 N–H and O–H groups in total. The van der Waals surface area contributed by atoms with Crippen LogP contribution in [0.4, 0.5) is 5.69 Å². The van der Waals surface area contributed by atoms with Crippen LogP contribution in [0.5, 0.6) is 5.75 Å². The molecule has 0 bridgehead atoms. The normalized spacial score (nSPS) is 12.4. The number of amides is 2. The lowest BCUT2D eigenvalue weighted by Gasteiger charge is -2.19. The molecule has 0 heterocycles. The Labute approximate surface area is 201 Å². The number of anilines is 1. The topological polar surface area (TPSA) is 87.7 Å². The fourth-order valence-corrected chi connectivity index (χ4v) is 3.56. The highest BCUT2D eigenvalue weighted by Crippen LogP contribution is 2.26. The van der Waals surface area contributed by atoms with E-state index in [4.69, 9.17) is 16.3 Å². The number of aliphatic hydroxyl groups is 1. The third-order valence-corrected chi connectivity index (χ3v) is 5.08. The molecule has 0 aromatic heterocycles. The van der Waals surface area contributed by atoms with Crippen molar-refractivity contribution >= 4 is 29.1 Å². The van der Waals surface area contributed by atoms with E-state index in [1.165, 1.54) is 0 Å². The highest BCUT2D eigenvalue weighted by atomic mass is 35.5. The average molecular weight is 475 g/mol. The molecule has 0 unspecified atom stereocenters. The fraction of sp³-hybridized carbons (Fsp3) is 0.462. The number of rotatable bonds is 10. The highest BCUT2D eigenvalue weighted by molar-refractivity contribution is 6.32. The first-order chi connectivity index (χ1) is 15.5. The molecular formula is C26H35ClN2O4. The Kier molecular flexibility index (Phi) is 9.74. The van der Waals surface area contributed by atoms with Gasteiger partial charge in [-0.05, 0) is 68.0 Å². The number of ether oxygens (including phenoxy) is 1. The van der Waals surface area contributed by atoms with Gasteiger partial charge in [-0.1, -0.05) is 44.5 Å². The van der Waals surface area contributed by atoms with E-state index < -0.39 is 0 Å². The predicted molar refractivity (Wildman–Crippen MR) is 133 cm³/mol. The second-order valence-electron chi connectivity index (χ2n) is 9.68. The number of aliphatic hydroxyl groups excluding tert-OH is 1. The zero-order valence-electron chi connectivity index (χ0n) is 20.1. The van der Waals surface area contributed by atoms with E-state index in [1.54, 1.807) is 18.2 Å². The molecule has 0 spiro atoms. The summed E-state index contributed by atoms with van der Waals surface area (Å²) in [7, 11) is 0. The molecule has 0 saturated heterocycles. The van der Waals surface area contributed by atoms with Gasteiger partial charge < -0.3 is 20.5 Å². The van der Waals surface area contributed by atoms with Gasteiger partial charge in [-0.3, -0.25) is 9.59 Å². The monoisotopic (exact) mass is 474 g/mol. The summed E-state index contributed by atoms with van der Waals surface area (Å²) in [4.78, 5) is 24.9. The number of hydrogen-bond acceptors (Lipinski definition) is 4. The molecule has 0 aliphatic carbocycles. The molecule has 33 heavy (non-hydrogen) atoms. The van der Waals surface area contributed by atoms with E-state index in [-0.39, 0.29) is 36.0 Å². The van der Waals surface area contributed by atoms with Crippen LogP contribution in [0.3, 0.4) is 0 Å². The van der Waals surface area contributed by atoms with Crippen LogP contribution < -0.4 is 15.4 Å². The molecule has 180 valence electrons. The first-order valence-corrected chi connectivity index (χ1v) is 11.6. The summed E-state index contributed by atoms with van der Waals surface area (Å²) >= 11 is 6.26. The van der Waals surface area contributed by atoms with Gasteiger partial charge >= 0.3 is 0 Å². The number of nitrogens with one attached hydrogen (secondary N) is 2. The van der Waals surface area contributed by atoms with Crippen molar-refractivity contribution in [3.8, 4) is 5.75 Å². The van der Waals surface area contributed by atoms with Crippen molar-refractivity contribution in [2.45, 2.75) is 66.0 Å². The van der Waals surface area contributed by atoms with E-state index in [9.17, 15) is 14.7 Å². The standard InChI is InChI=1S/C26H35ClN2O4/c1-17(2)33-23-11-8-19(15-22(23)27)25(32)29-21(12-13-30)14-18-6-9-20(10-7-18)28-24(31)16-26(3,4)5/h6-11,15,17,21,30H,12-14,16H2,1-5H3,(H,28,31)(H,29,32)/t21-/m1/s1. The summed E-state index contributed by atoms with van der Waals surface area (Å²) in [6, 6.07) is 12.2. The molecule has 0 saturated carbocycles. The number of halogens is 1. The fourth-order valence-electron chi connectivity index (χ4n) is 3.34. The van der Waals surface area contributed by atoms with Gasteiger partial charge in [0.15, 0.2) is 0 Å². The van der Waals surface area contributed by atoms with Crippen molar-refractivity contribution in [3.63, 3.8) is 0 Å². The minimum Gasteiger partial charge on any atom is -0.489 e. The van der Waals surface area contributed by atoms with E-state index in [2.05, 4.69) is 10.6 Å². The minimum atomic E-state index is -0.266. The van der Waals surface area contributed by atoms with E-state index >= 15 is 0 Å². The van der Waals surface area contributed by atoms with Crippen molar-refractivity contribution < 1.29 is 19.4 Å². The Hall–Kier alpha value is -2.57. The van der Waals surface area contributed by atoms with E-state index in [0.29, 0.717) is 35.6 Å². The summed E-state index contributed by atoms with van der Waals surface area (Å²) in [5.41, 5.74) is 2.07. The molecule has 0 fully saturated rings. The maximum absolute atomic E-state index is 12.8. The Morgan fingerprint density at radius 3 is 2.30 bits per heavy atom. The predicted octanol–water partition coefficient (Wildman–Crippen LogP) is 5.23. The van der Waals surface area contributed by atoms with Crippen LogP contribution in [-0.4, -0.2) is 35.7 Å². The molecule has 0 radical (unpaired) electrons. The average Bonchev–Trinajstić information content (AvgIpc) is 2.69. The molecular weight excluding hydrogens is 440 g/mol. The largest absolute Gasteiger partial charge is 0.489 e. The summed E-state index contributed by atoms with van der Waals surface area (Å²) in [5, 5.41) is 15.7. The minimum absolute atomic E-state index is 0.0192. The number of hydrogen-bond donors (Lipinski definition) is 3. The summed E-state index contributed by atoms with van der Waals surface area (Å²) < 4.78 is 5.61. The van der Waals surface area contributed by atoms with Gasteiger partial charge in [0.25, 0.3) is 5.91 Å². The first-order valence-electron chi connectivity index (χ1n) is 11.2. The van der Waals surface area contributed by atoms with Crippen LogP contribution in [0, 0.1) is 5.41 Å². The lowest BCUT2D eigenvalue weighted by Crippen LogP contribution is -2.37. The van der Waals surface area contributed by atoms with Crippen molar-refractivity contribution in [3.05, 3.63) is 58.6 Å². The third kappa shape index (κ3) is 9.44. The summed E-state index contributed by atoms with van der Waals surface area (Å²) in [6.07, 6.45) is 1.38. The van der Waals surface area contributed by atoms with Gasteiger partial charge in [0.2, 0.25) is 5.91 Å². The van der Waals surface area contributed by atoms with Crippen LogP contribution in [-0.2, 0) is 11.2 Å². The molecule has 2 rings (SSSR count). The summed E-state index contributed by atoms with van der Waals surface area (Å²) in [5.74, 6) is 0.242. The maximum Gasteiger partial charge on any atom is 0.251 e. The second kappa shape index (κ2) is 12.1. The number of carbonyl (C=O) groups excluding carboxylic acids is 2. The molecule has 7 heteroatoms. The zero-order chi connectivity index (χ0) is 24.6. The van der Waals surface area contributed by atoms with Crippen molar-refractivity contribution in [2.75, 3.05) is 11.9 Å². The van der Waals surface area contributed by atoms with Crippen LogP contribution in [0.25, 0.3) is 0 Å². The van der Waals surface area contributed by atoms with Gasteiger partial charge in [0.1, 0.15) is 5.75 Å². The Balaban J connectivity index is 2.00. The lowest BCUT2D eigenvalue weighted by molar-refractivity contribution is -0.117. The first kappa shape index (κ1) is 26.7. The van der Waals surface area contributed by atoms with Crippen LogP contribution in [0.1, 0.15) is 63.4 Å². The van der Waals surface area contributed by atoms with Crippen LogP contribution in [0.2, 0.25) is 5.02 Å². The van der Waals surface area contributed by atoms with Crippen molar-refractivity contribution in [1.82, 2.24) is 5.32 Å². The molecule has 0 aliphatic heterocycles. The molecule has 2 aromatic carbocycles. The molecule has 6 nitrogen and oxygen atoms in total. The Morgan fingerprint density at radius 1 is 1.09 bits per heavy atom. The van der Waals surface area contributed by atoms with E-state index in [1.807, 2.05) is 58.9 Å². The summed E-state index contributed by atoms with van der Waals surface area (Å²) in [6.45, 7) is 9.83. The Bertz CT molecular complexity index is 936. The van der Waals surface area contributed by atoms with Gasteiger partial charge in [0, 0.05) is 30.3 Å². The van der Waals surface area contributed by atoms with Crippen LogP contribution >= 0.6 is 11.6 Å². The molecule has 1 atom stereocenters. The van der Waals surface area contributed by atoms with Gasteiger partial charge in [-0.2, -0.15) is 0 Å². The second-order valence-corrected chi connectivity index (χ2v) is 10.1. The third-order valence-electron chi connectivity index (χ3n) is 4.78. The highest BCUT2D eigenvalue weighted by Gasteiger charge is 2.17. The van der Waals surface area contributed by atoms with Crippen LogP contribution in [0.15, 0.2) is 42.5 Å². The van der Waals surface area contributed by atoms with Gasteiger partial charge in [-0.15, -0.1) is 0 Å². The smallest absolute Gasteiger partial charge is 0.251 e. The zero-order valence-corrected chi connectivity index (χ0v) is 20.8. The number of benzene rings is 2. The van der Waals surface area contributed by atoms with Crippen molar-refractivity contribution in [1.29, 1.82) is 0 Å². The molecule has 2 amide bonds. The van der Waals surface area contributed by atoms with Crippen molar-refractivity contribution in [2.24, 2.45) is 5.41 Å². The lowest BCUT2D eigenvalue weighted by atomic mass is 9.92. The number of carbonyl (C=O) groups is 2. The molecule has 2 aromatic rings. The van der Waals surface area contributed by atoms with Gasteiger partial charge in [0.05, 0.1) is 11.1 Å². The van der Waals surface area contributed by atoms with E-state index in [0.717, 1.165) is 11.3 Å². The maximum atomic E-state index is 12.8. The quantitative estimate of drug-likeness (QED) is 0.440. The SMILES string of the molecule is CC(C)Oc1ccc(C(=O)N[C@H](CCO)Cc2ccc(NC(=O)CC(C)(C)C)cc2)cc1Cl.